The summed E-state index contributed by atoms with van der Waals surface area (Å²) >= 11 is 1.92. The average molecular weight is 728 g/mol. The maximum absolute atomic E-state index is 12.5. The van der Waals surface area contributed by atoms with Crippen molar-refractivity contribution in [2.45, 2.75) is 155 Å². The van der Waals surface area contributed by atoms with Crippen molar-refractivity contribution in [1.29, 1.82) is 0 Å². The van der Waals surface area contributed by atoms with Gasteiger partial charge in [-0.3, -0.25) is 9.59 Å². The van der Waals surface area contributed by atoms with Gasteiger partial charge in [0.1, 0.15) is 6.61 Å². The predicted molar refractivity (Wildman–Crippen MR) is 210 cm³/mol. The van der Waals surface area contributed by atoms with E-state index < -0.39 is 0 Å². The maximum Gasteiger partial charge on any atom is 0.307 e. The first kappa shape index (κ1) is 40.6. The summed E-state index contributed by atoms with van der Waals surface area (Å²) in [6.45, 7) is 9.54. The first-order chi connectivity index (χ1) is 25.0. The van der Waals surface area contributed by atoms with E-state index in [9.17, 15) is 9.59 Å². The molecule has 0 amide bonds. The van der Waals surface area contributed by atoms with Crippen LogP contribution < -0.4 is 0 Å². The lowest BCUT2D eigenvalue weighted by Crippen LogP contribution is -2.38. The van der Waals surface area contributed by atoms with E-state index >= 15 is 0 Å². The molecule has 7 nitrogen and oxygen atoms in total. The van der Waals surface area contributed by atoms with Gasteiger partial charge in [0.15, 0.2) is 0 Å². The number of aryl methyl sites for hydroxylation is 1. The summed E-state index contributed by atoms with van der Waals surface area (Å²) in [7, 11) is 0. The van der Waals surface area contributed by atoms with Gasteiger partial charge in [-0.2, -0.15) is 11.8 Å². The number of unbranched alkanes of at least 4 members (excludes halogenated alkanes) is 15. The van der Waals surface area contributed by atoms with Crippen LogP contribution in [0.15, 0.2) is 18.7 Å². The third-order valence-electron chi connectivity index (χ3n) is 12.9. The van der Waals surface area contributed by atoms with Gasteiger partial charge in [0.05, 0.1) is 19.4 Å². The lowest BCUT2D eigenvalue weighted by Gasteiger charge is -2.38. The van der Waals surface area contributed by atoms with Gasteiger partial charge in [-0.1, -0.05) is 104 Å². The Morgan fingerprint density at radius 3 is 2.12 bits per heavy atom. The molecule has 5 aliphatic carbocycles. The van der Waals surface area contributed by atoms with E-state index in [4.69, 9.17) is 9.47 Å². The zero-order valence-corrected chi connectivity index (χ0v) is 33.4. The van der Waals surface area contributed by atoms with Crippen molar-refractivity contribution in [2.75, 3.05) is 44.4 Å². The minimum absolute atomic E-state index is 0.0130. The van der Waals surface area contributed by atoms with Gasteiger partial charge < -0.3 is 18.9 Å². The molecule has 5 aliphatic rings. The summed E-state index contributed by atoms with van der Waals surface area (Å²) in [5.41, 5.74) is 0.288. The van der Waals surface area contributed by atoms with Gasteiger partial charge in [0, 0.05) is 43.1 Å². The third kappa shape index (κ3) is 13.4. The molecule has 1 heterocycles. The molecule has 5 unspecified atom stereocenters. The second-order valence-corrected chi connectivity index (χ2v) is 18.1. The van der Waals surface area contributed by atoms with Crippen molar-refractivity contribution in [2.24, 2.45) is 40.9 Å². The molecule has 5 saturated carbocycles. The lowest BCUT2D eigenvalue weighted by molar-refractivity contribution is -0.149. The molecule has 51 heavy (non-hydrogen) atoms. The fourth-order valence-electron chi connectivity index (χ4n) is 9.73. The molecular weight excluding hydrogens is 655 g/mol. The molecule has 8 heteroatoms. The second-order valence-electron chi connectivity index (χ2n) is 16.9. The standard InChI is InChI=1S/C43H73N3O4S/c1-3-4-5-6-7-8-9-10-11-12-16-19-30-51-31-29-49-38(48)22-27-45(25-20-26-46-28-23-44-34-46)24-18-15-13-14-17-21-37(47)50-33-43(2)36-32-35(36)39-40-41(39)42(40)43/h23,28,34-36,39-42H,3-22,24-27,29-33H2,1-2H3. The molecule has 5 fully saturated rings. The molecular formula is C43H73N3O4S. The fourth-order valence-corrected chi connectivity index (χ4v) is 10.5. The van der Waals surface area contributed by atoms with Gasteiger partial charge >= 0.3 is 11.9 Å². The molecule has 0 spiro atoms. The molecule has 6 rings (SSSR count). The summed E-state index contributed by atoms with van der Waals surface area (Å²) in [6, 6.07) is 0. The molecule has 5 atom stereocenters. The number of aromatic nitrogens is 2. The Labute approximate surface area is 315 Å². The quantitative estimate of drug-likeness (QED) is 0.0527. The van der Waals surface area contributed by atoms with Crippen LogP contribution in [-0.4, -0.2) is 70.7 Å². The van der Waals surface area contributed by atoms with E-state index in [1.807, 2.05) is 30.5 Å². The molecule has 1 aromatic rings. The predicted octanol–water partition coefficient (Wildman–Crippen LogP) is 9.97. The van der Waals surface area contributed by atoms with Crippen molar-refractivity contribution >= 4 is 23.7 Å². The highest BCUT2D eigenvalue weighted by Crippen LogP contribution is 2.91. The number of hydrogen-bond acceptors (Lipinski definition) is 7. The molecule has 0 radical (unpaired) electrons. The minimum atomic E-state index is -0.0694. The van der Waals surface area contributed by atoms with E-state index in [0.29, 0.717) is 26.1 Å². The number of thioether (sulfide) groups is 1. The van der Waals surface area contributed by atoms with Crippen LogP contribution in [0.1, 0.15) is 149 Å². The summed E-state index contributed by atoms with van der Waals surface area (Å²) in [6.07, 6.45) is 31.2. The Balaban J connectivity index is 0.827. The molecule has 0 N–H and O–H groups in total. The number of rotatable bonds is 33. The van der Waals surface area contributed by atoms with Crippen molar-refractivity contribution in [3.63, 3.8) is 0 Å². The maximum atomic E-state index is 12.5. The third-order valence-corrected chi connectivity index (χ3v) is 14.0. The van der Waals surface area contributed by atoms with E-state index in [1.165, 1.54) is 89.2 Å². The lowest BCUT2D eigenvalue weighted by atomic mass is 9.68. The monoisotopic (exact) mass is 728 g/mol. The highest BCUT2D eigenvalue weighted by molar-refractivity contribution is 7.99. The van der Waals surface area contributed by atoms with E-state index in [2.05, 4.69) is 28.3 Å². The fraction of sp³-hybridized carbons (Fsp3) is 0.884. The van der Waals surface area contributed by atoms with Gasteiger partial charge in [0.25, 0.3) is 0 Å². The average Bonchev–Trinajstić information content (AvgIpc) is 4.08. The van der Waals surface area contributed by atoms with Crippen LogP contribution in [0, 0.1) is 40.9 Å². The minimum Gasteiger partial charge on any atom is -0.465 e. The highest BCUT2D eigenvalue weighted by atomic mass is 32.2. The van der Waals surface area contributed by atoms with Crippen LogP contribution in [0.2, 0.25) is 0 Å². The van der Waals surface area contributed by atoms with Gasteiger partial charge in [0.2, 0.25) is 0 Å². The van der Waals surface area contributed by atoms with Crippen LogP contribution in [0.4, 0.5) is 0 Å². The van der Waals surface area contributed by atoms with Crippen molar-refractivity contribution in [3.05, 3.63) is 18.7 Å². The Hall–Kier alpha value is -1.54. The number of carbonyl (C=O) groups excluding carboxylic acids is 2. The summed E-state index contributed by atoms with van der Waals surface area (Å²) in [5.74, 6) is 7.79. The summed E-state index contributed by atoms with van der Waals surface area (Å²) in [4.78, 5) is 31.6. The van der Waals surface area contributed by atoms with Crippen molar-refractivity contribution < 1.29 is 19.1 Å². The number of nitrogens with zero attached hydrogens (tertiary/aromatic N) is 3. The van der Waals surface area contributed by atoms with Gasteiger partial charge in [-0.25, -0.2) is 4.98 Å². The van der Waals surface area contributed by atoms with Crippen LogP contribution in [0.25, 0.3) is 0 Å². The Kier molecular flexibility index (Phi) is 17.5. The molecule has 290 valence electrons. The Bertz CT molecular complexity index is 1120. The van der Waals surface area contributed by atoms with E-state index in [0.717, 1.165) is 106 Å². The smallest absolute Gasteiger partial charge is 0.307 e. The highest BCUT2D eigenvalue weighted by Gasteiger charge is 2.88. The van der Waals surface area contributed by atoms with E-state index in [1.54, 1.807) is 0 Å². The summed E-state index contributed by atoms with van der Waals surface area (Å²) in [5, 5.41) is 0. The van der Waals surface area contributed by atoms with Gasteiger partial charge in [-0.05, 0) is 86.5 Å². The van der Waals surface area contributed by atoms with Crippen molar-refractivity contribution in [1.82, 2.24) is 14.5 Å². The van der Waals surface area contributed by atoms with Crippen LogP contribution in [0.5, 0.6) is 0 Å². The zero-order chi connectivity index (χ0) is 35.7. The zero-order valence-electron chi connectivity index (χ0n) is 32.6. The summed E-state index contributed by atoms with van der Waals surface area (Å²) < 4.78 is 13.6. The van der Waals surface area contributed by atoms with Gasteiger partial charge in [-0.15, -0.1) is 0 Å². The number of carbonyl (C=O) groups is 2. The Morgan fingerprint density at radius 2 is 1.41 bits per heavy atom. The molecule has 0 aromatic carbocycles. The first-order valence-corrected chi connectivity index (χ1v) is 22.8. The van der Waals surface area contributed by atoms with Crippen molar-refractivity contribution in [3.8, 4) is 0 Å². The first-order valence-electron chi connectivity index (χ1n) is 21.6. The Morgan fingerprint density at radius 1 is 0.765 bits per heavy atom. The van der Waals surface area contributed by atoms with Crippen LogP contribution >= 0.6 is 11.8 Å². The van der Waals surface area contributed by atoms with E-state index in [-0.39, 0.29) is 17.4 Å². The van der Waals surface area contributed by atoms with Crippen LogP contribution in [0.3, 0.4) is 0 Å². The molecule has 2 bridgehead atoms. The second kappa shape index (κ2) is 22.0. The molecule has 0 saturated heterocycles. The SMILES string of the molecule is CCCCCCCCCCCCCCSCCOC(=O)CCN(CCCCCCCC(=O)OCC1(C)C2CC2C2C3C2C31)CCCn1ccnc1. The molecule has 0 aliphatic heterocycles. The number of imidazole rings is 1. The number of ether oxygens (including phenoxy) is 2. The molecule has 1 aromatic heterocycles. The van der Waals surface area contributed by atoms with Crippen LogP contribution in [-0.2, 0) is 25.6 Å². The number of esters is 2. The normalized spacial score (nSPS) is 26.5. The number of hydrogen-bond donors (Lipinski definition) is 0. The largest absolute Gasteiger partial charge is 0.465 e. The topological polar surface area (TPSA) is 73.7 Å².